The van der Waals surface area contributed by atoms with Crippen LogP contribution >= 0.6 is 0 Å². The van der Waals surface area contributed by atoms with Gasteiger partial charge < -0.3 is 5.32 Å². The summed E-state index contributed by atoms with van der Waals surface area (Å²) in [7, 11) is 0. The van der Waals surface area contributed by atoms with Crippen molar-refractivity contribution in [2.45, 2.75) is 0 Å². The number of H-pyrrole nitrogens is 1. The fraction of sp³-hybridized carbons (Fsp3) is 0. The highest BCUT2D eigenvalue weighted by Crippen LogP contribution is 2.18. The van der Waals surface area contributed by atoms with Gasteiger partial charge in [-0.2, -0.15) is 5.10 Å². The van der Waals surface area contributed by atoms with Crippen molar-refractivity contribution in [1.82, 2.24) is 20.2 Å². The number of carbonyl (C=O) groups is 1. The zero-order valence-corrected chi connectivity index (χ0v) is 10.4. The molecule has 0 radical (unpaired) electrons. The van der Waals surface area contributed by atoms with Gasteiger partial charge in [0.15, 0.2) is 5.82 Å². The second kappa shape index (κ2) is 5.31. The molecule has 0 aliphatic carbocycles. The summed E-state index contributed by atoms with van der Waals surface area (Å²) < 4.78 is 0. The standard InChI is InChI=1S/C14H11N5O/c20-14(12-6-1-2-7-15-12)18-11-5-3-4-10(8-11)13-16-9-17-19-13/h1-9H,(H,18,20)(H,16,17,19). The average molecular weight is 265 g/mol. The Kier molecular flexibility index (Phi) is 3.20. The number of aromatic amines is 1. The molecule has 98 valence electrons. The van der Waals surface area contributed by atoms with E-state index in [9.17, 15) is 4.79 Å². The zero-order chi connectivity index (χ0) is 13.8. The molecule has 20 heavy (non-hydrogen) atoms. The second-order valence-corrected chi connectivity index (χ2v) is 4.08. The van der Waals surface area contributed by atoms with Crippen molar-refractivity contribution < 1.29 is 4.79 Å². The van der Waals surface area contributed by atoms with Crippen LogP contribution in [0.15, 0.2) is 55.0 Å². The van der Waals surface area contributed by atoms with Crippen molar-refractivity contribution in [3.63, 3.8) is 0 Å². The van der Waals surface area contributed by atoms with E-state index in [1.54, 1.807) is 30.5 Å². The maximum absolute atomic E-state index is 12.0. The van der Waals surface area contributed by atoms with Crippen molar-refractivity contribution in [3.8, 4) is 11.4 Å². The van der Waals surface area contributed by atoms with E-state index < -0.39 is 0 Å². The molecule has 0 saturated heterocycles. The van der Waals surface area contributed by atoms with E-state index in [0.717, 1.165) is 5.56 Å². The first-order valence-electron chi connectivity index (χ1n) is 6.01. The first kappa shape index (κ1) is 12.0. The fourth-order valence-electron chi connectivity index (χ4n) is 1.78. The van der Waals surface area contributed by atoms with Crippen LogP contribution in [0.25, 0.3) is 11.4 Å². The summed E-state index contributed by atoms with van der Waals surface area (Å²) in [6.45, 7) is 0. The second-order valence-electron chi connectivity index (χ2n) is 4.08. The third-order valence-corrected chi connectivity index (χ3v) is 2.71. The minimum absolute atomic E-state index is 0.250. The van der Waals surface area contributed by atoms with Gasteiger partial charge in [-0.15, -0.1) is 0 Å². The Bertz CT molecular complexity index is 709. The van der Waals surface area contributed by atoms with Gasteiger partial charge in [-0.1, -0.05) is 18.2 Å². The smallest absolute Gasteiger partial charge is 0.274 e. The van der Waals surface area contributed by atoms with Crippen molar-refractivity contribution in [2.75, 3.05) is 5.32 Å². The maximum atomic E-state index is 12.0. The molecule has 2 heterocycles. The number of benzene rings is 1. The molecule has 0 aliphatic rings. The molecule has 1 amide bonds. The molecule has 6 nitrogen and oxygen atoms in total. The van der Waals surface area contributed by atoms with Crippen molar-refractivity contribution in [2.24, 2.45) is 0 Å². The Morgan fingerprint density at radius 3 is 2.80 bits per heavy atom. The Balaban J connectivity index is 1.82. The summed E-state index contributed by atoms with van der Waals surface area (Å²) in [6.07, 6.45) is 3.02. The average Bonchev–Trinajstić information content (AvgIpc) is 3.03. The molecule has 1 aromatic carbocycles. The van der Waals surface area contributed by atoms with E-state index in [0.29, 0.717) is 17.2 Å². The number of pyridine rings is 1. The molecule has 0 bridgehead atoms. The molecule has 0 aliphatic heterocycles. The molecule has 0 fully saturated rings. The number of aromatic nitrogens is 4. The van der Waals surface area contributed by atoms with Crippen molar-refractivity contribution in [3.05, 3.63) is 60.7 Å². The van der Waals surface area contributed by atoms with E-state index in [4.69, 9.17) is 0 Å². The van der Waals surface area contributed by atoms with Gasteiger partial charge in [-0.3, -0.25) is 14.9 Å². The topological polar surface area (TPSA) is 83.6 Å². The predicted molar refractivity (Wildman–Crippen MR) is 74.0 cm³/mol. The van der Waals surface area contributed by atoms with Gasteiger partial charge in [-0.05, 0) is 24.3 Å². The van der Waals surface area contributed by atoms with Gasteiger partial charge >= 0.3 is 0 Å². The van der Waals surface area contributed by atoms with Gasteiger partial charge in [0.05, 0.1) is 0 Å². The summed E-state index contributed by atoms with van der Waals surface area (Å²) in [5, 5.41) is 9.38. The van der Waals surface area contributed by atoms with E-state index in [1.165, 1.54) is 6.33 Å². The maximum Gasteiger partial charge on any atom is 0.274 e. The molecule has 2 N–H and O–H groups in total. The van der Waals surface area contributed by atoms with Crippen LogP contribution in [-0.4, -0.2) is 26.1 Å². The largest absolute Gasteiger partial charge is 0.321 e. The zero-order valence-electron chi connectivity index (χ0n) is 10.4. The molecule has 6 heteroatoms. The Morgan fingerprint density at radius 1 is 1.10 bits per heavy atom. The summed E-state index contributed by atoms with van der Waals surface area (Å²) >= 11 is 0. The van der Waals surface area contributed by atoms with Crippen LogP contribution < -0.4 is 5.32 Å². The first-order valence-corrected chi connectivity index (χ1v) is 6.01. The highest BCUT2D eigenvalue weighted by Gasteiger charge is 2.08. The molecule has 3 rings (SSSR count). The molecule has 0 atom stereocenters. The number of anilines is 1. The first-order chi connectivity index (χ1) is 9.83. The molecule has 3 aromatic rings. The van der Waals surface area contributed by atoms with Crippen molar-refractivity contribution in [1.29, 1.82) is 0 Å². The lowest BCUT2D eigenvalue weighted by Gasteiger charge is -2.05. The minimum Gasteiger partial charge on any atom is -0.321 e. The quantitative estimate of drug-likeness (QED) is 0.759. The predicted octanol–water partition coefficient (Wildman–Crippen LogP) is 2.12. The summed E-state index contributed by atoms with van der Waals surface area (Å²) in [5.41, 5.74) is 1.90. The number of rotatable bonds is 3. The Labute approximate surface area is 114 Å². The lowest BCUT2D eigenvalue weighted by Crippen LogP contribution is -2.13. The van der Waals surface area contributed by atoms with Gasteiger partial charge in [0.2, 0.25) is 0 Å². The molecule has 0 spiro atoms. The molecular weight excluding hydrogens is 254 g/mol. The number of carbonyl (C=O) groups excluding carboxylic acids is 1. The Hall–Kier alpha value is -3.02. The van der Waals surface area contributed by atoms with Crippen LogP contribution in [0.5, 0.6) is 0 Å². The van der Waals surface area contributed by atoms with Gasteiger partial charge in [0, 0.05) is 17.4 Å². The van der Waals surface area contributed by atoms with Gasteiger partial charge in [0.25, 0.3) is 5.91 Å². The van der Waals surface area contributed by atoms with Crippen LogP contribution in [0.2, 0.25) is 0 Å². The van der Waals surface area contributed by atoms with Crippen LogP contribution in [0, 0.1) is 0 Å². The monoisotopic (exact) mass is 265 g/mol. The molecule has 0 unspecified atom stereocenters. The van der Waals surface area contributed by atoms with E-state index >= 15 is 0 Å². The highest BCUT2D eigenvalue weighted by atomic mass is 16.1. The number of nitrogens with zero attached hydrogens (tertiary/aromatic N) is 3. The fourth-order valence-corrected chi connectivity index (χ4v) is 1.78. The minimum atomic E-state index is -0.250. The SMILES string of the molecule is O=C(Nc1cccc(-c2ncn[nH]2)c1)c1ccccn1. The van der Waals surface area contributed by atoms with Crippen LogP contribution in [0.1, 0.15) is 10.5 Å². The number of nitrogens with one attached hydrogen (secondary N) is 2. The third-order valence-electron chi connectivity index (χ3n) is 2.71. The van der Waals surface area contributed by atoms with Crippen LogP contribution in [0.3, 0.4) is 0 Å². The van der Waals surface area contributed by atoms with Gasteiger partial charge in [-0.25, -0.2) is 4.98 Å². The molecule has 2 aromatic heterocycles. The third kappa shape index (κ3) is 2.54. The summed E-state index contributed by atoms with van der Waals surface area (Å²) in [4.78, 5) is 20.1. The lowest BCUT2D eigenvalue weighted by atomic mass is 10.2. The van der Waals surface area contributed by atoms with Crippen molar-refractivity contribution >= 4 is 11.6 Å². The van der Waals surface area contributed by atoms with Gasteiger partial charge in [0.1, 0.15) is 12.0 Å². The van der Waals surface area contributed by atoms with Crippen LogP contribution in [-0.2, 0) is 0 Å². The summed E-state index contributed by atoms with van der Waals surface area (Å²) in [5.74, 6) is 0.402. The van der Waals surface area contributed by atoms with E-state index in [-0.39, 0.29) is 5.91 Å². The number of hydrogen-bond acceptors (Lipinski definition) is 4. The summed E-state index contributed by atoms with van der Waals surface area (Å²) in [6, 6.07) is 12.6. The molecular formula is C14H11N5O. The number of amides is 1. The van der Waals surface area contributed by atoms with E-state index in [1.807, 2.05) is 18.2 Å². The number of hydrogen-bond donors (Lipinski definition) is 2. The van der Waals surface area contributed by atoms with Crippen LogP contribution in [0.4, 0.5) is 5.69 Å². The molecule has 0 saturated carbocycles. The Morgan fingerprint density at radius 2 is 2.05 bits per heavy atom. The lowest BCUT2D eigenvalue weighted by molar-refractivity contribution is 0.102. The van der Waals surface area contributed by atoms with E-state index in [2.05, 4.69) is 25.5 Å². The highest BCUT2D eigenvalue weighted by molar-refractivity contribution is 6.03. The normalized spacial score (nSPS) is 10.2.